The molecule has 0 bridgehead atoms. The minimum atomic E-state index is 0.694. The third-order valence-corrected chi connectivity index (χ3v) is 4.82. The molecule has 0 spiro atoms. The average Bonchev–Trinajstić information content (AvgIpc) is 3.15. The normalized spacial score (nSPS) is 20.9. The molecule has 1 aromatic carbocycles. The zero-order chi connectivity index (χ0) is 14.8. The van der Waals surface area contributed by atoms with Gasteiger partial charge in [-0.15, -0.1) is 0 Å². The molecule has 1 N–H and O–H groups in total. The van der Waals surface area contributed by atoms with Gasteiger partial charge in [0.1, 0.15) is 0 Å². The lowest BCUT2D eigenvalue weighted by molar-refractivity contribution is 0.339. The summed E-state index contributed by atoms with van der Waals surface area (Å²) in [4.78, 5) is 5.72. The Morgan fingerprint density at radius 2 is 2.29 bits per heavy atom. The maximum absolute atomic E-state index is 9.06. The van der Waals surface area contributed by atoms with Crippen LogP contribution in [0.15, 0.2) is 24.4 Å². The molecule has 1 aliphatic rings. The Labute approximate surface area is 126 Å². The van der Waals surface area contributed by atoms with E-state index in [4.69, 9.17) is 5.26 Å². The van der Waals surface area contributed by atoms with E-state index in [9.17, 15) is 0 Å². The summed E-state index contributed by atoms with van der Waals surface area (Å²) in [5.74, 6) is 1.53. The molecule has 0 aliphatic heterocycles. The Morgan fingerprint density at radius 3 is 3.05 bits per heavy atom. The lowest BCUT2D eigenvalue weighted by atomic mass is 10.0. The molecular formula is C18H23N3. The molecule has 3 rings (SSSR count). The first kappa shape index (κ1) is 14.2. The highest BCUT2D eigenvalue weighted by molar-refractivity contribution is 5.85. The van der Waals surface area contributed by atoms with Crippen LogP contribution >= 0.6 is 0 Å². The summed E-state index contributed by atoms with van der Waals surface area (Å²) < 4.78 is 0. The second-order valence-electron chi connectivity index (χ2n) is 6.26. The van der Waals surface area contributed by atoms with E-state index in [1.807, 2.05) is 18.2 Å². The number of nitriles is 1. The smallest absolute Gasteiger partial charge is 0.0991 e. The predicted molar refractivity (Wildman–Crippen MR) is 86.3 cm³/mol. The summed E-state index contributed by atoms with van der Waals surface area (Å²) in [5.41, 5.74) is 3.32. The molecule has 3 nitrogen and oxygen atoms in total. The number of aromatic nitrogens is 1. The Morgan fingerprint density at radius 1 is 1.43 bits per heavy atom. The van der Waals surface area contributed by atoms with E-state index in [0.29, 0.717) is 5.92 Å². The van der Waals surface area contributed by atoms with Crippen molar-refractivity contribution in [2.24, 2.45) is 5.92 Å². The molecule has 110 valence electrons. The van der Waals surface area contributed by atoms with Crippen molar-refractivity contribution in [3.8, 4) is 6.07 Å². The van der Waals surface area contributed by atoms with Crippen molar-refractivity contribution >= 4 is 10.9 Å². The van der Waals surface area contributed by atoms with Gasteiger partial charge in [0.2, 0.25) is 0 Å². The van der Waals surface area contributed by atoms with E-state index in [1.165, 1.54) is 36.8 Å². The summed E-state index contributed by atoms with van der Waals surface area (Å²) in [6, 6.07) is 8.17. The predicted octanol–water partition coefficient (Wildman–Crippen LogP) is 3.87. The number of aromatic amines is 1. The number of hydrogen-bond donors (Lipinski definition) is 1. The fraction of sp³-hybridized carbons (Fsp3) is 0.500. The van der Waals surface area contributed by atoms with Crippen molar-refractivity contribution in [2.75, 3.05) is 20.1 Å². The van der Waals surface area contributed by atoms with E-state index in [1.54, 1.807) is 0 Å². The Balaban J connectivity index is 1.65. The lowest BCUT2D eigenvalue weighted by Crippen LogP contribution is -2.18. The Hall–Kier alpha value is -1.79. The number of hydrogen-bond acceptors (Lipinski definition) is 2. The van der Waals surface area contributed by atoms with Crippen molar-refractivity contribution in [1.82, 2.24) is 9.88 Å². The van der Waals surface area contributed by atoms with Gasteiger partial charge in [-0.3, -0.25) is 0 Å². The van der Waals surface area contributed by atoms with Crippen LogP contribution in [0, 0.1) is 17.2 Å². The second-order valence-corrected chi connectivity index (χ2v) is 6.26. The number of benzene rings is 1. The fourth-order valence-corrected chi connectivity index (χ4v) is 3.25. The van der Waals surface area contributed by atoms with Crippen LogP contribution < -0.4 is 0 Å². The fourth-order valence-electron chi connectivity index (χ4n) is 3.25. The summed E-state index contributed by atoms with van der Waals surface area (Å²) in [5, 5.41) is 10.3. The van der Waals surface area contributed by atoms with E-state index >= 15 is 0 Å². The molecule has 2 unspecified atom stereocenters. The molecule has 1 aliphatic carbocycles. The first-order chi connectivity index (χ1) is 10.2. The van der Waals surface area contributed by atoms with Gasteiger partial charge in [-0.05, 0) is 75.0 Å². The standard InChI is InChI=1S/C18H23N3/c1-3-21(2)8-4-5-14-10-15(14)17-12-20-18-7-6-13(11-19)9-16(17)18/h6-7,9,12,14-15,20H,3-5,8,10H2,1-2H3. The molecule has 1 aromatic heterocycles. The molecule has 2 atom stereocenters. The highest BCUT2D eigenvalue weighted by atomic mass is 15.1. The number of nitrogens with zero attached hydrogens (tertiary/aromatic N) is 2. The van der Waals surface area contributed by atoms with Crippen molar-refractivity contribution in [2.45, 2.75) is 32.1 Å². The van der Waals surface area contributed by atoms with Crippen molar-refractivity contribution in [1.29, 1.82) is 5.26 Å². The maximum atomic E-state index is 9.06. The highest BCUT2D eigenvalue weighted by Gasteiger charge is 2.38. The third-order valence-electron chi connectivity index (χ3n) is 4.82. The molecule has 2 aromatic rings. The van der Waals surface area contributed by atoms with E-state index in [2.05, 4.69) is 36.1 Å². The maximum Gasteiger partial charge on any atom is 0.0991 e. The van der Waals surface area contributed by atoms with Crippen LogP contribution in [0.25, 0.3) is 10.9 Å². The summed E-state index contributed by atoms with van der Waals surface area (Å²) >= 11 is 0. The quantitative estimate of drug-likeness (QED) is 0.873. The van der Waals surface area contributed by atoms with Gasteiger partial charge in [-0.25, -0.2) is 0 Å². The molecule has 3 heteroatoms. The van der Waals surface area contributed by atoms with Gasteiger partial charge in [-0.2, -0.15) is 5.26 Å². The highest BCUT2D eigenvalue weighted by Crippen LogP contribution is 2.51. The largest absolute Gasteiger partial charge is 0.361 e. The van der Waals surface area contributed by atoms with Gasteiger partial charge in [0.15, 0.2) is 0 Å². The summed E-state index contributed by atoms with van der Waals surface area (Å²) in [7, 11) is 2.19. The molecule has 0 saturated heterocycles. The third kappa shape index (κ3) is 2.96. The molecule has 1 saturated carbocycles. The van der Waals surface area contributed by atoms with Gasteiger partial charge >= 0.3 is 0 Å². The van der Waals surface area contributed by atoms with Gasteiger partial charge in [0.25, 0.3) is 0 Å². The Bertz CT molecular complexity index is 665. The van der Waals surface area contributed by atoms with E-state index in [-0.39, 0.29) is 0 Å². The number of nitrogens with one attached hydrogen (secondary N) is 1. The summed E-state index contributed by atoms with van der Waals surface area (Å²) in [6.45, 7) is 4.54. The molecule has 0 amide bonds. The summed E-state index contributed by atoms with van der Waals surface area (Å²) in [6.07, 6.45) is 6.06. The van der Waals surface area contributed by atoms with Crippen LogP contribution in [0.1, 0.15) is 43.2 Å². The van der Waals surface area contributed by atoms with Crippen LogP contribution in [-0.4, -0.2) is 30.0 Å². The van der Waals surface area contributed by atoms with Gasteiger partial charge in [-0.1, -0.05) is 6.92 Å². The zero-order valence-corrected chi connectivity index (χ0v) is 12.9. The van der Waals surface area contributed by atoms with Crippen molar-refractivity contribution < 1.29 is 0 Å². The Kier molecular flexibility index (Phi) is 3.98. The molecule has 1 fully saturated rings. The van der Waals surface area contributed by atoms with Crippen molar-refractivity contribution in [3.05, 3.63) is 35.5 Å². The topological polar surface area (TPSA) is 42.8 Å². The monoisotopic (exact) mass is 281 g/mol. The van der Waals surface area contributed by atoms with Crippen LogP contribution in [-0.2, 0) is 0 Å². The molecule has 21 heavy (non-hydrogen) atoms. The van der Waals surface area contributed by atoms with Gasteiger partial charge < -0.3 is 9.88 Å². The van der Waals surface area contributed by atoms with Crippen LogP contribution in [0.2, 0.25) is 0 Å². The van der Waals surface area contributed by atoms with Gasteiger partial charge in [0, 0.05) is 17.1 Å². The van der Waals surface area contributed by atoms with Crippen LogP contribution in [0.5, 0.6) is 0 Å². The van der Waals surface area contributed by atoms with E-state index < -0.39 is 0 Å². The van der Waals surface area contributed by atoms with Crippen molar-refractivity contribution in [3.63, 3.8) is 0 Å². The van der Waals surface area contributed by atoms with Crippen LogP contribution in [0.3, 0.4) is 0 Å². The number of fused-ring (bicyclic) bond motifs is 1. The first-order valence-electron chi connectivity index (χ1n) is 7.92. The minimum Gasteiger partial charge on any atom is -0.361 e. The number of H-pyrrole nitrogens is 1. The molecule has 0 radical (unpaired) electrons. The van der Waals surface area contributed by atoms with Gasteiger partial charge in [0.05, 0.1) is 11.6 Å². The minimum absolute atomic E-state index is 0.694. The average molecular weight is 281 g/mol. The zero-order valence-electron chi connectivity index (χ0n) is 12.9. The first-order valence-corrected chi connectivity index (χ1v) is 7.92. The second kappa shape index (κ2) is 5.91. The van der Waals surface area contributed by atoms with Crippen LogP contribution in [0.4, 0.5) is 0 Å². The lowest BCUT2D eigenvalue weighted by Gasteiger charge is -2.12. The molecule has 1 heterocycles. The number of rotatable bonds is 6. The SMILES string of the molecule is CCN(C)CCCC1CC1c1c[nH]c2ccc(C#N)cc12. The van der Waals surface area contributed by atoms with E-state index in [0.717, 1.165) is 23.5 Å². The molecular weight excluding hydrogens is 258 g/mol.